The van der Waals surface area contributed by atoms with Crippen molar-refractivity contribution in [1.82, 2.24) is 0 Å². The third kappa shape index (κ3) is 6.92. The molecule has 61 heavy (non-hydrogen) atoms. The second-order valence-corrected chi connectivity index (χ2v) is 24.9. The average Bonchev–Trinajstić information content (AvgIpc) is 3.30. The molecule has 0 aliphatic heterocycles. The smallest absolute Gasteiger partial charge is 0.141 e. The summed E-state index contributed by atoms with van der Waals surface area (Å²) in [5.74, 6) is 0. The van der Waals surface area contributed by atoms with Crippen LogP contribution in [0.3, 0.4) is 0 Å². The first-order chi connectivity index (χ1) is 29.5. The van der Waals surface area contributed by atoms with E-state index in [2.05, 4.69) is 103 Å². The van der Waals surface area contributed by atoms with E-state index in [1.165, 1.54) is 0 Å². The van der Waals surface area contributed by atoms with E-state index in [1.807, 2.05) is 123 Å². The predicted octanol–water partition coefficient (Wildman–Crippen LogP) is 12.5. The Morgan fingerprint density at radius 1 is 0.279 bits per heavy atom. The van der Waals surface area contributed by atoms with Gasteiger partial charge >= 0.3 is 0 Å². The monoisotopic (exact) mass is 844 g/mol. The third-order valence-corrected chi connectivity index (χ3v) is 20.1. The van der Waals surface area contributed by atoms with E-state index < -0.39 is 21.4 Å². The lowest BCUT2D eigenvalue weighted by Crippen LogP contribution is -2.17. The fourth-order valence-corrected chi connectivity index (χ4v) is 14.8. The zero-order valence-corrected chi connectivity index (χ0v) is 36.9. The SMILES string of the molecule is CP(=O)(c1ccc2cc(-c3ccc([P@@](C)(=O)c4ccccc4)cc3)ccc2c1)c1ccc2cccc(-c3cc(P(C)(=O)c4cccc5ccccc45)c4ccccc4c3)c2c1. The van der Waals surface area contributed by atoms with Crippen molar-refractivity contribution in [1.29, 1.82) is 0 Å². The standard InChI is InChI=1S/C55H43O3P3/c1-59(56,46-17-5-4-6-18-46)47-29-25-38(26-30-47)41-23-24-43-35-48(32-28-42(43)33-41)60(2,57)49-31-27-40-15-11-21-50(53(40)37-49)45-34-44-14-8-10-20-52(44)55(36-45)61(3,58)54-22-12-16-39-13-7-9-19-51(39)54/h4-37H,1-3H3/t59-,60?,61?/m0/s1. The Bertz CT molecular complexity index is 3500. The Hall–Kier alpha value is -6.07. The molecule has 10 aromatic rings. The number of hydrogen-bond acceptors (Lipinski definition) is 3. The Labute approximate surface area is 356 Å². The van der Waals surface area contributed by atoms with Gasteiger partial charge in [0.2, 0.25) is 0 Å². The van der Waals surface area contributed by atoms with Gasteiger partial charge in [-0.2, -0.15) is 0 Å². The van der Waals surface area contributed by atoms with Crippen LogP contribution in [0.15, 0.2) is 206 Å². The predicted molar refractivity (Wildman–Crippen MR) is 265 cm³/mol. The first-order valence-electron chi connectivity index (χ1n) is 20.5. The molecule has 0 N–H and O–H groups in total. The first kappa shape index (κ1) is 39.1. The van der Waals surface area contributed by atoms with Crippen molar-refractivity contribution in [2.24, 2.45) is 0 Å². The van der Waals surface area contributed by atoms with E-state index in [4.69, 9.17) is 0 Å². The summed E-state index contributed by atoms with van der Waals surface area (Å²) in [6.45, 7) is 5.59. The van der Waals surface area contributed by atoms with Gasteiger partial charge in [-0.05, 0) is 116 Å². The van der Waals surface area contributed by atoms with Crippen molar-refractivity contribution in [3.63, 3.8) is 0 Å². The molecule has 296 valence electrons. The van der Waals surface area contributed by atoms with Crippen LogP contribution in [0.1, 0.15) is 0 Å². The highest BCUT2D eigenvalue weighted by atomic mass is 31.2. The Morgan fingerprint density at radius 2 is 0.770 bits per heavy atom. The molecule has 0 aromatic heterocycles. The largest absolute Gasteiger partial charge is 0.314 e. The molecule has 10 aromatic carbocycles. The van der Waals surface area contributed by atoms with Gasteiger partial charge in [0.25, 0.3) is 0 Å². The van der Waals surface area contributed by atoms with Crippen LogP contribution in [0.5, 0.6) is 0 Å². The van der Waals surface area contributed by atoms with Crippen LogP contribution in [-0.4, -0.2) is 20.0 Å². The molecule has 0 heterocycles. The van der Waals surface area contributed by atoms with E-state index in [-0.39, 0.29) is 0 Å². The fourth-order valence-electron chi connectivity index (χ4n) is 8.91. The molecular formula is C55H43O3P3. The second kappa shape index (κ2) is 15.1. The number of rotatable bonds is 8. The van der Waals surface area contributed by atoms with E-state index in [9.17, 15) is 4.57 Å². The molecule has 0 aliphatic carbocycles. The average molecular weight is 845 g/mol. The zero-order valence-electron chi connectivity index (χ0n) is 34.2. The van der Waals surface area contributed by atoms with Gasteiger partial charge in [0.15, 0.2) is 0 Å². The lowest BCUT2D eigenvalue weighted by molar-refractivity contribution is 0.589. The normalized spacial score (nSPS) is 14.7. The maximum atomic E-state index is 15.3. The van der Waals surface area contributed by atoms with Gasteiger partial charge in [0.05, 0.1) is 0 Å². The van der Waals surface area contributed by atoms with Gasteiger partial charge < -0.3 is 13.7 Å². The van der Waals surface area contributed by atoms with Crippen LogP contribution in [0.2, 0.25) is 0 Å². The number of hydrogen-bond donors (Lipinski definition) is 0. The maximum absolute atomic E-state index is 15.3. The summed E-state index contributed by atoms with van der Waals surface area (Å²) in [6.07, 6.45) is 0. The first-order valence-corrected chi connectivity index (χ1v) is 26.9. The zero-order chi connectivity index (χ0) is 41.9. The van der Waals surface area contributed by atoms with E-state index >= 15 is 9.13 Å². The second-order valence-electron chi connectivity index (χ2n) is 16.3. The molecule has 0 amide bonds. The van der Waals surface area contributed by atoms with Crippen molar-refractivity contribution in [2.45, 2.75) is 0 Å². The molecule has 0 fully saturated rings. The summed E-state index contributed by atoms with van der Waals surface area (Å²) in [4.78, 5) is 0. The van der Waals surface area contributed by atoms with Crippen molar-refractivity contribution >= 4 is 96.3 Å². The summed E-state index contributed by atoms with van der Waals surface area (Å²) in [6, 6.07) is 69.4. The van der Waals surface area contributed by atoms with Gasteiger partial charge in [0.1, 0.15) is 21.4 Å². The summed E-state index contributed by atoms with van der Waals surface area (Å²) in [7, 11) is -8.83. The van der Waals surface area contributed by atoms with Gasteiger partial charge in [0, 0.05) is 31.8 Å². The molecule has 6 heteroatoms. The van der Waals surface area contributed by atoms with Crippen molar-refractivity contribution in [3.05, 3.63) is 206 Å². The summed E-state index contributed by atoms with van der Waals surface area (Å²) < 4.78 is 44.0. The van der Waals surface area contributed by atoms with Crippen LogP contribution < -0.4 is 31.8 Å². The molecule has 2 unspecified atom stereocenters. The molecule has 0 saturated carbocycles. The molecule has 0 aliphatic rings. The highest BCUT2D eigenvalue weighted by Crippen LogP contribution is 2.46. The minimum absolute atomic E-state index is 0.783. The van der Waals surface area contributed by atoms with E-state index in [0.29, 0.717) is 0 Å². The molecule has 10 rings (SSSR count). The fraction of sp³-hybridized carbons (Fsp3) is 0.0545. The van der Waals surface area contributed by atoms with Gasteiger partial charge in [-0.15, -0.1) is 0 Å². The Kier molecular flexibility index (Phi) is 9.70. The topological polar surface area (TPSA) is 51.2 Å². The van der Waals surface area contributed by atoms with Crippen molar-refractivity contribution in [3.8, 4) is 22.3 Å². The molecule has 0 bridgehead atoms. The molecule has 0 spiro atoms. The minimum Gasteiger partial charge on any atom is -0.314 e. The highest BCUT2D eigenvalue weighted by Gasteiger charge is 2.28. The highest BCUT2D eigenvalue weighted by molar-refractivity contribution is 7.79. The van der Waals surface area contributed by atoms with Crippen molar-refractivity contribution in [2.75, 3.05) is 20.0 Å². The van der Waals surface area contributed by atoms with Gasteiger partial charge in [-0.3, -0.25) is 0 Å². The Morgan fingerprint density at radius 3 is 1.52 bits per heavy atom. The molecule has 3 nitrogen and oxygen atoms in total. The quantitative estimate of drug-likeness (QED) is 0.143. The Balaban J connectivity index is 1.01. The van der Waals surface area contributed by atoms with Crippen LogP contribution in [0, 0.1) is 0 Å². The summed E-state index contributed by atoms with van der Waals surface area (Å²) in [5.41, 5.74) is 4.09. The number of fused-ring (bicyclic) bond motifs is 4. The van der Waals surface area contributed by atoms with Crippen LogP contribution in [0.25, 0.3) is 65.3 Å². The van der Waals surface area contributed by atoms with Crippen LogP contribution in [-0.2, 0) is 13.7 Å². The lowest BCUT2D eigenvalue weighted by Gasteiger charge is -2.21. The molecular weight excluding hydrogens is 802 g/mol. The molecule has 0 saturated heterocycles. The summed E-state index contributed by atoms with van der Waals surface area (Å²) in [5, 5.41) is 13.1. The molecule has 0 radical (unpaired) electrons. The van der Waals surface area contributed by atoms with E-state index in [1.54, 1.807) is 0 Å². The van der Waals surface area contributed by atoms with Gasteiger partial charge in [-0.25, -0.2) is 0 Å². The maximum Gasteiger partial charge on any atom is 0.141 e. The van der Waals surface area contributed by atoms with Crippen molar-refractivity contribution < 1.29 is 13.7 Å². The third-order valence-electron chi connectivity index (χ3n) is 12.5. The lowest BCUT2D eigenvalue weighted by atomic mass is 9.96. The summed E-state index contributed by atoms with van der Waals surface area (Å²) >= 11 is 0. The number of benzene rings is 10. The molecule has 3 atom stereocenters. The minimum atomic E-state index is -3.09. The van der Waals surface area contributed by atoms with Crippen LogP contribution in [0.4, 0.5) is 0 Å². The van der Waals surface area contributed by atoms with Crippen LogP contribution >= 0.6 is 21.4 Å². The van der Waals surface area contributed by atoms with Gasteiger partial charge in [-0.1, -0.05) is 176 Å². The van der Waals surface area contributed by atoms with E-state index in [0.717, 1.165) is 97.2 Å².